The van der Waals surface area contributed by atoms with E-state index in [1.807, 2.05) is 0 Å². The number of sulfonamides is 1. The van der Waals surface area contributed by atoms with E-state index >= 15 is 0 Å². The second-order valence-corrected chi connectivity index (χ2v) is 11.0. The number of nitrogens with zero attached hydrogens (tertiary/aromatic N) is 2. The smallest absolute Gasteiger partial charge is 0.264 e. The first kappa shape index (κ1) is 28.2. The molecule has 206 valence electrons. The van der Waals surface area contributed by atoms with Gasteiger partial charge in [-0.3, -0.25) is 13.9 Å². The van der Waals surface area contributed by atoms with E-state index in [2.05, 4.69) is 5.32 Å². The number of carbonyl (C=O) groups excluding carboxylic acids is 2. The molecule has 12 heteroatoms. The number of anilines is 1. The molecule has 39 heavy (non-hydrogen) atoms. The Balaban J connectivity index is 1.73. The van der Waals surface area contributed by atoms with Crippen LogP contribution < -0.4 is 19.1 Å². The fourth-order valence-electron chi connectivity index (χ4n) is 4.05. The third-order valence-corrected chi connectivity index (χ3v) is 8.35. The third kappa shape index (κ3) is 6.26. The zero-order valence-electron chi connectivity index (χ0n) is 21.3. The van der Waals surface area contributed by atoms with Gasteiger partial charge < -0.3 is 19.7 Å². The Labute approximate surface area is 231 Å². The number of halogens is 2. The second-order valence-electron chi connectivity index (χ2n) is 8.70. The van der Waals surface area contributed by atoms with E-state index in [1.165, 1.54) is 49.2 Å². The van der Waals surface area contributed by atoms with Gasteiger partial charge in [0, 0.05) is 24.7 Å². The minimum atomic E-state index is -4.36. The summed E-state index contributed by atoms with van der Waals surface area (Å²) in [5.41, 5.74) is 0.635. The van der Waals surface area contributed by atoms with Crippen molar-refractivity contribution < 1.29 is 31.9 Å². The highest BCUT2D eigenvalue weighted by Crippen LogP contribution is 2.34. The summed E-state index contributed by atoms with van der Waals surface area (Å²) >= 11 is 6.32. The molecule has 4 rings (SSSR count). The van der Waals surface area contributed by atoms with Crippen molar-refractivity contribution in [3.8, 4) is 11.5 Å². The molecule has 1 aliphatic rings. The molecule has 1 atom stereocenters. The van der Waals surface area contributed by atoms with Crippen LogP contribution in [-0.2, 0) is 26.2 Å². The maximum absolute atomic E-state index is 13.9. The molecule has 0 aliphatic carbocycles. The van der Waals surface area contributed by atoms with Crippen LogP contribution in [0, 0.1) is 5.82 Å². The van der Waals surface area contributed by atoms with Gasteiger partial charge in [0.1, 0.15) is 31.6 Å². The lowest BCUT2D eigenvalue weighted by molar-refractivity contribution is -0.139. The Hall–Kier alpha value is -3.83. The number of rotatable bonds is 9. The average Bonchev–Trinajstić information content (AvgIpc) is 2.94. The number of hydrogen-bond donors (Lipinski definition) is 1. The predicted octanol–water partition coefficient (Wildman–Crippen LogP) is 3.61. The number of fused-ring (bicyclic) bond motifs is 1. The number of carbonyl (C=O) groups is 2. The minimum absolute atomic E-state index is 0.0472. The van der Waals surface area contributed by atoms with E-state index in [1.54, 1.807) is 24.3 Å². The van der Waals surface area contributed by atoms with Gasteiger partial charge >= 0.3 is 0 Å². The Morgan fingerprint density at radius 1 is 1.03 bits per heavy atom. The van der Waals surface area contributed by atoms with Crippen molar-refractivity contribution in [1.29, 1.82) is 0 Å². The maximum atomic E-state index is 13.9. The Morgan fingerprint density at radius 2 is 1.69 bits per heavy atom. The van der Waals surface area contributed by atoms with Crippen LogP contribution in [0.3, 0.4) is 0 Å². The topological polar surface area (TPSA) is 105 Å². The molecule has 9 nitrogen and oxygen atoms in total. The van der Waals surface area contributed by atoms with Crippen LogP contribution in [0.25, 0.3) is 0 Å². The molecular formula is C27H27ClFN3O6S. The zero-order valence-corrected chi connectivity index (χ0v) is 22.8. The summed E-state index contributed by atoms with van der Waals surface area (Å²) in [7, 11) is -2.92. The molecular weight excluding hydrogens is 549 g/mol. The van der Waals surface area contributed by atoms with Crippen molar-refractivity contribution in [1.82, 2.24) is 10.2 Å². The predicted molar refractivity (Wildman–Crippen MR) is 144 cm³/mol. The standard InChI is InChI=1S/C27H27ClFN3O6S/c1-18(27(34)30-2)31(16-19-5-3-4-6-23(19)28)26(33)17-32(21-9-7-20(29)8-10-21)39(35,36)22-11-12-24-25(15-22)38-14-13-37-24/h3-12,15,18H,13-14,16-17H2,1-2H3,(H,30,34)/t18-/m1/s1. The summed E-state index contributed by atoms with van der Waals surface area (Å²) in [4.78, 5) is 27.4. The average molecular weight is 576 g/mol. The van der Waals surface area contributed by atoms with E-state index in [0.29, 0.717) is 22.9 Å². The molecule has 0 fully saturated rings. The van der Waals surface area contributed by atoms with Gasteiger partial charge in [-0.25, -0.2) is 12.8 Å². The van der Waals surface area contributed by atoms with Crippen LogP contribution in [0.4, 0.5) is 10.1 Å². The molecule has 1 aliphatic heterocycles. The number of nitrogens with one attached hydrogen (secondary N) is 1. The summed E-state index contributed by atoms with van der Waals surface area (Å²) in [6.45, 7) is 1.40. The van der Waals surface area contributed by atoms with Gasteiger partial charge in [-0.05, 0) is 55.0 Å². The van der Waals surface area contributed by atoms with Crippen LogP contribution in [0.2, 0.25) is 5.02 Å². The largest absolute Gasteiger partial charge is 0.486 e. The second kappa shape index (κ2) is 11.9. The van der Waals surface area contributed by atoms with Gasteiger partial charge in [-0.2, -0.15) is 0 Å². The summed E-state index contributed by atoms with van der Waals surface area (Å²) in [5, 5.41) is 2.90. The van der Waals surface area contributed by atoms with Crippen molar-refractivity contribution in [3.63, 3.8) is 0 Å². The first-order chi connectivity index (χ1) is 18.6. The van der Waals surface area contributed by atoms with Crippen LogP contribution in [0.5, 0.6) is 11.5 Å². The van der Waals surface area contributed by atoms with Gasteiger partial charge in [0.2, 0.25) is 11.8 Å². The minimum Gasteiger partial charge on any atom is -0.486 e. The summed E-state index contributed by atoms with van der Waals surface area (Å²) in [6, 6.07) is 14.7. The molecule has 2 amide bonds. The quantitative estimate of drug-likeness (QED) is 0.418. The lowest BCUT2D eigenvalue weighted by Gasteiger charge is -2.32. The molecule has 3 aromatic carbocycles. The first-order valence-corrected chi connectivity index (χ1v) is 13.9. The van der Waals surface area contributed by atoms with Crippen LogP contribution in [0.15, 0.2) is 71.6 Å². The van der Waals surface area contributed by atoms with Gasteiger partial charge in [0.05, 0.1) is 10.6 Å². The molecule has 0 saturated carbocycles. The number of likely N-dealkylation sites (N-methyl/N-ethyl adjacent to an activating group) is 1. The molecule has 1 N–H and O–H groups in total. The van der Waals surface area contributed by atoms with Crippen molar-refractivity contribution in [2.45, 2.75) is 24.4 Å². The van der Waals surface area contributed by atoms with Crippen molar-refractivity contribution in [2.75, 3.05) is 31.1 Å². The van der Waals surface area contributed by atoms with Gasteiger partial charge in [-0.15, -0.1) is 0 Å². The van der Waals surface area contributed by atoms with Gasteiger partial charge in [0.25, 0.3) is 10.0 Å². The van der Waals surface area contributed by atoms with Gasteiger partial charge in [0.15, 0.2) is 11.5 Å². The van der Waals surface area contributed by atoms with Crippen molar-refractivity contribution >= 4 is 39.1 Å². The Bertz CT molecular complexity index is 1470. The summed E-state index contributed by atoms with van der Waals surface area (Å²) in [6.07, 6.45) is 0. The maximum Gasteiger partial charge on any atom is 0.264 e. The van der Waals surface area contributed by atoms with Crippen LogP contribution >= 0.6 is 11.6 Å². The molecule has 3 aromatic rings. The van der Waals surface area contributed by atoms with E-state index in [9.17, 15) is 22.4 Å². The molecule has 1 heterocycles. The van der Waals surface area contributed by atoms with Crippen LogP contribution in [0.1, 0.15) is 12.5 Å². The van der Waals surface area contributed by atoms with E-state index < -0.39 is 40.2 Å². The Morgan fingerprint density at radius 3 is 2.36 bits per heavy atom. The highest BCUT2D eigenvalue weighted by atomic mass is 35.5. The number of amides is 2. The number of hydrogen-bond acceptors (Lipinski definition) is 6. The molecule has 0 spiro atoms. The number of benzene rings is 3. The monoisotopic (exact) mass is 575 g/mol. The first-order valence-electron chi connectivity index (χ1n) is 12.0. The number of ether oxygens (including phenoxy) is 2. The van der Waals surface area contributed by atoms with E-state index in [0.717, 1.165) is 16.4 Å². The highest BCUT2D eigenvalue weighted by molar-refractivity contribution is 7.92. The zero-order chi connectivity index (χ0) is 28.2. The fraction of sp³-hybridized carbons (Fsp3) is 0.259. The molecule has 0 radical (unpaired) electrons. The molecule has 0 aromatic heterocycles. The molecule has 0 saturated heterocycles. The van der Waals surface area contributed by atoms with E-state index in [4.69, 9.17) is 21.1 Å². The van der Waals surface area contributed by atoms with Gasteiger partial charge in [-0.1, -0.05) is 29.8 Å². The van der Waals surface area contributed by atoms with Crippen molar-refractivity contribution in [2.24, 2.45) is 0 Å². The summed E-state index contributed by atoms with van der Waals surface area (Å²) in [5.74, 6) is -1.04. The van der Waals surface area contributed by atoms with Crippen LogP contribution in [-0.4, -0.2) is 58.0 Å². The highest BCUT2D eigenvalue weighted by Gasteiger charge is 2.33. The van der Waals surface area contributed by atoms with Crippen molar-refractivity contribution in [3.05, 3.63) is 83.1 Å². The van der Waals surface area contributed by atoms with E-state index in [-0.39, 0.29) is 29.5 Å². The lowest BCUT2D eigenvalue weighted by atomic mass is 10.1. The molecule has 0 bridgehead atoms. The lowest BCUT2D eigenvalue weighted by Crippen LogP contribution is -2.50. The summed E-state index contributed by atoms with van der Waals surface area (Å²) < 4.78 is 53.4. The fourth-order valence-corrected chi connectivity index (χ4v) is 5.67. The normalized spacial score (nSPS) is 13.3. The Kier molecular flexibility index (Phi) is 8.61. The third-order valence-electron chi connectivity index (χ3n) is 6.21. The SMILES string of the molecule is CNC(=O)[C@@H](C)N(Cc1ccccc1Cl)C(=O)CN(c1ccc(F)cc1)S(=O)(=O)c1ccc2c(c1)OCCO2. The molecule has 0 unspecified atom stereocenters.